The van der Waals surface area contributed by atoms with Crippen LogP contribution in [0.5, 0.6) is 0 Å². The zero-order valence-electron chi connectivity index (χ0n) is 34.1. The third-order valence-electron chi connectivity index (χ3n) is 13.5. The maximum absolute atomic E-state index is 2.55. The van der Waals surface area contributed by atoms with Gasteiger partial charge in [0.05, 0.1) is 5.69 Å². The maximum Gasteiger partial charge on any atom is 0.0540 e. The van der Waals surface area contributed by atoms with E-state index in [4.69, 9.17) is 0 Å². The number of hydrogen-bond acceptors (Lipinski definition) is 1. The quantitative estimate of drug-likeness (QED) is 0.156. The highest BCUT2D eigenvalue weighted by Crippen LogP contribution is 2.58. The molecule has 0 atom stereocenters. The summed E-state index contributed by atoms with van der Waals surface area (Å²) in [6.07, 6.45) is 6.32. The summed E-state index contributed by atoms with van der Waals surface area (Å²) in [6, 6.07) is 76.5. The van der Waals surface area contributed by atoms with Crippen LogP contribution in [0.2, 0.25) is 0 Å². The van der Waals surface area contributed by atoms with Crippen molar-refractivity contribution in [3.8, 4) is 55.6 Å². The molecule has 9 aromatic carbocycles. The normalized spacial score (nSPS) is 13.9. The molecule has 1 saturated carbocycles. The van der Waals surface area contributed by atoms with Crippen LogP contribution in [0.3, 0.4) is 0 Å². The van der Waals surface area contributed by atoms with E-state index in [2.05, 4.69) is 218 Å². The Labute approximate surface area is 354 Å². The number of para-hydroxylation sites is 1. The average Bonchev–Trinajstić information content (AvgIpc) is 3.59. The first-order valence-electron chi connectivity index (χ1n) is 21.6. The summed E-state index contributed by atoms with van der Waals surface area (Å²) in [7, 11) is 0. The molecule has 1 heteroatoms. The molecule has 2 aliphatic rings. The van der Waals surface area contributed by atoms with E-state index in [-0.39, 0.29) is 5.41 Å². The van der Waals surface area contributed by atoms with E-state index in [1.165, 1.54) is 121 Å². The van der Waals surface area contributed by atoms with Crippen LogP contribution in [0.15, 0.2) is 206 Å². The smallest absolute Gasteiger partial charge is 0.0540 e. The first-order chi connectivity index (χ1) is 29.7. The zero-order valence-corrected chi connectivity index (χ0v) is 34.1. The molecule has 0 bridgehead atoms. The molecular weight excluding hydrogens is 723 g/mol. The third-order valence-corrected chi connectivity index (χ3v) is 13.5. The maximum atomic E-state index is 2.55. The van der Waals surface area contributed by atoms with Crippen molar-refractivity contribution in [2.24, 2.45) is 0 Å². The second-order valence-electron chi connectivity index (χ2n) is 16.7. The van der Waals surface area contributed by atoms with Gasteiger partial charge in [-0.05, 0) is 128 Å². The summed E-state index contributed by atoms with van der Waals surface area (Å²) in [5.74, 6) is 0. The van der Waals surface area contributed by atoms with Crippen molar-refractivity contribution in [2.75, 3.05) is 4.90 Å². The molecule has 1 spiro atoms. The molecular formula is C59H47N. The first-order valence-corrected chi connectivity index (χ1v) is 21.6. The van der Waals surface area contributed by atoms with Gasteiger partial charge in [0, 0.05) is 22.4 Å². The molecule has 60 heavy (non-hydrogen) atoms. The van der Waals surface area contributed by atoms with Crippen LogP contribution < -0.4 is 4.90 Å². The van der Waals surface area contributed by atoms with E-state index in [1.807, 2.05) is 0 Å². The van der Waals surface area contributed by atoms with Crippen molar-refractivity contribution in [1.29, 1.82) is 0 Å². The zero-order chi connectivity index (χ0) is 40.0. The van der Waals surface area contributed by atoms with Crippen LogP contribution in [0.25, 0.3) is 66.4 Å². The predicted octanol–water partition coefficient (Wildman–Crippen LogP) is 16.5. The largest absolute Gasteiger partial charge is 0.310 e. The van der Waals surface area contributed by atoms with Gasteiger partial charge in [0.15, 0.2) is 0 Å². The Morgan fingerprint density at radius 3 is 1.73 bits per heavy atom. The van der Waals surface area contributed by atoms with Crippen LogP contribution in [0, 0.1) is 6.92 Å². The van der Waals surface area contributed by atoms with Crippen LogP contribution in [-0.2, 0) is 5.41 Å². The molecule has 0 saturated heterocycles. The van der Waals surface area contributed by atoms with E-state index in [0.29, 0.717) is 0 Å². The number of anilines is 3. The van der Waals surface area contributed by atoms with E-state index < -0.39 is 0 Å². The van der Waals surface area contributed by atoms with Gasteiger partial charge in [0.2, 0.25) is 0 Å². The monoisotopic (exact) mass is 769 g/mol. The van der Waals surface area contributed by atoms with Crippen molar-refractivity contribution in [3.05, 3.63) is 223 Å². The molecule has 288 valence electrons. The molecule has 0 aromatic heterocycles. The van der Waals surface area contributed by atoms with Gasteiger partial charge in [-0.3, -0.25) is 0 Å². The lowest BCUT2D eigenvalue weighted by Crippen LogP contribution is -2.28. The van der Waals surface area contributed by atoms with Gasteiger partial charge in [0.1, 0.15) is 0 Å². The molecule has 11 rings (SSSR count). The Bertz CT molecular complexity index is 3040. The van der Waals surface area contributed by atoms with Gasteiger partial charge in [-0.1, -0.05) is 195 Å². The van der Waals surface area contributed by atoms with E-state index in [1.54, 1.807) is 0 Å². The number of hydrogen-bond donors (Lipinski definition) is 0. The standard InChI is InChI=1S/C59H47N/c1-41-56(36-35-55-58(41)53-30-12-14-31-54(53)59(55)37-16-3-17-38-59)60(47-24-18-23-45(40-47)46-34-33-42-19-6-7-22-44(42)39-46)57-32-15-13-29-52(57)51-28-11-10-27-50(51)49-26-9-8-25-48(49)43-20-4-2-5-21-43/h2,4-15,18-36,39-40H,3,16-17,37-38H2,1H3. The van der Waals surface area contributed by atoms with Crippen LogP contribution >= 0.6 is 0 Å². The molecule has 1 fully saturated rings. The summed E-state index contributed by atoms with van der Waals surface area (Å²) >= 11 is 0. The van der Waals surface area contributed by atoms with Crippen LogP contribution in [0.1, 0.15) is 48.8 Å². The van der Waals surface area contributed by atoms with Crippen molar-refractivity contribution >= 4 is 27.8 Å². The second kappa shape index (κ2) is 15.0. The van der Waals surface area contributed by atoms with Gasteiger partial charge >= 0.3 is 0 Å². The summed E-state index contributed by atoms with van der Waals surface area (Å²) < 4.78 is 0. The van der Waals surface area contributed by atoms with Gasteiger partial charge in [-0.15, -0.1) is 0 Å². The van der Waals surface area contributed by atoms with Crippen molar-refractivity contribution in [1.82, 2.24) is 0 Å². The molecule has 0 heterocycles. The van der Waals surface area contributed by atoms with E-state index in [0.717, 1.165) is 11.4 Å². The van der Waals surface area contributed by atoms with Gasteiger partial charge in [-0.25, -0.2) is 0 Å². The summed E-state index contributed by atoms with van der Waals surface area (Å²) in [5, 5.41) is 2.50. The Kier molecular flexibility index (Phi) is 9.04. The minimum Gasteiger partial charge on any atom is -0.310 e. The van der Waals surface area contributed by atoms with Crippen LogP contribution in [-0.4, -0.2) is 0 Å². The van der Waals surface area contributed by atoms with Gasteiger partial charge < -0.3 is 4.90 Å². The minimum atomic E-state index is 0.0945. The molecule has 0 radical (unpaired) electrons. The Morgan fingerprint density at radius 2 is 0.950 bits per heavy atom. The Balaban J connectivity index is 1.14. The van der Waals surface area contributed by atoms with Crippen molar-refractivity contribution < 1.29 is 0 Å². The molecule has 0 unspecified atom stereocenters. The highest BCUT2D eigenvalue weighted by molar-refractivity contribution is 5.99. The van der Waals surface area contributed by atoms with Gasteiger partial charge in [0.25, 0.3) is 0 Å². The summed E-state index contributed by atoms with van der Waals surface area (Å²) in [6.45, 7) is 2.37. The van der Waals surface area contributed by atoms with Gasteiger partial charge in [-0.2, -0.15) is 0 Å². The lowest BCUT2D eigenvalue weighted by molar-refractivity contribution is 0.353. The third kappa shape index (κ3) is 5.99. The average molecular weight is 770 g/mol. The molecule has 2 aliphatic carbocycles. The second-order valence-corrected chi connectivity index (χ2v) is 16.7. The molecule has 1 nitrogen and oxygen atoms in total. The van der Waals surface area contributed by atoms with E-state index >= 15 is 0 Å². The van der Waals surface area contributed by atoms with Crippen molar-refractivity contribution in [2.45, 2.75) is 44.4 Å². The molecule has 0 aliphatic heterocycles. The highest BCUT2D eigenvalue weighted by Gasteiger charge is 2.44. The lowest BCUT2D eigenvalue weighted by Gasteiger charge is -2.36. The lowest BCUT2D eigenvalue weighted by atomic mass is 9.68. The number of rotatable bonds is 7. The predicted molar refractivity (Wildman–Crippen MR) is 254 cm³/mol. The number of benzene rings is 9. The fourth-order valence-electron chi connectivity index (χ4n) is 10.7. The Morgan fingerprint density at radius 1 is 0.367 bits per heavy atom. The first kappa shape index (κ1) is 36.1. The fraction of sp³-hybridized carbons (Fsp3) is 0.119. The fourth-order valence-corrected chi connectivity index (χ4v) is 10.7. The summed E-state index contributed by atoms with van der Waals surface area (Å²) in [5.41, 5.74) is 20.5. The highest BCUT2D eigenvalue weighted by atomic mass is 15.1. The molecule has 9 aromatic rings. The van der Waals surface area contributed by atoms with Crippen LogP contribution in [0.4, 0.5) is 17.1 Å². The topological polar surface area (TPSA) is 3.24 Å². The number of nitrogens with zero attached hydrogens (tertiary/aromatic N) is 1. The minimum absolute atomic E-state index is 0.0945. The van der Waals surface area contributed by atoms with Crippen molar-refractivity contribution in [3.63, 3.8) is 0 Å². The molecule has 0 N–H and O–H groups in total. The Hall–Kier alpha value is -6.96. The molecule has 0 amide bonds. The SMILES string of the molecule is Cc1c(N(c2cccc(-c3ccc4ccccc4c3)c2)c2ccccc2-c2ccccc2-c2ccccc2-c2ccccc2)ccc2c1-c1ccccc1C21CCCCC1. The number of fused-ring (bicyclic) bond motifs is 6. The summed E-state index contributed by atoms with van der Waals surface area (Å²) in [4.78, 5) is 2.55. The van der Waals surface area contributed by atoms with E-state index in [9.17, 15) is 0 Å².